The van der Waals surface area contributed by atoms with Crippen LogP contribution in [0.3, 0.4) is 0 Å². The van der Waals surface area contributed by atoms with Crippen molar-refractivity contribution in [3.05, 3.63) is 29.3 Å². The summed E-state index contributed by atoms with van der Waals surface area (Å²) in [6, 6.07) is 1.44. The number of phenolic OH excluding ortho intramolecular Hbond substituents is 1. The van der Waals surface area contributed by atoms with Crippen molar-refractivity contribution in [3.63, 3.8) is 0 Å². The highest BCUT2D eigenvalue weighted by atomic mass is 19.1. The lowest BCUT2D eigenvalue weighted by molar-refractivity contribution is -0.142. The Morgan fingerprint density at radius 3 is 2.73 bits per heavy atom. The average Bonchev–Trinajstić information content (AvgIpc) is 2.13. The lowest BCUT2D eigenvalue weighted by Crippen LogP contribution is -2.08. The van der Waals surface area contributed by atoms with Crippen molar-refractivity contribution in [2.24, 2.45) is 0 Å². The molecule has 1 N–H and O–H groups in total. The molecule has 0 amide bonds. The molecule has 0 heterocycles. The minimum Gasteiger partial charge on any atom is -0.505 e. The third-order valence-corrected chi connectivity index (χ3v) is 1.75. The fourth-order valence-corrected chi connectivity index (χ4v) is 1.12. The van der Waals surface area contributed by atoms with E-state index >= 15 is 0 Å². The molecule has 1 aromatic carbocycles. The number of aromatic hydroxyl groups is 1. The van der Waals surface area contributed by atoms with Gasteiger partial charge in [0.15, 0.2) is 11.6 Å². The summed E-state index contributed by atoms with van der Waals surface area (Å²) in [6.45, 7) is 1.79. The van der Waals surface area contributed by atoms with Gasteiger partial charge in [-0.25, -0.2) is 8.78 Å². The Bertz CT molecular complexity index is 377. The molecular weight excluding hydrogens is 206 g/mol. The monoisotopic (exact) mass is 216 g/mol. The van der Waals surface area contributed by atoms with E-state index in [9.17, 15) is 18.7 Å². The molecule has 0 aliphatic heterocycles. The van der Waals surface area contributed by atoms with Crippen LogP contribution in [0, 0.1) is 11.6 Å². The molecule has 1 aromatic rings. The minimum absolute atomic E-state index is 0.119. The number of hydrogen-bond acceptors (Lipinski definition) is 3. The summed E-state index contributed by atoms with van der Waals surface area (Å²) in [4.78, 5) is 11.0. The molecule has 0 saturated heterocycles. The largest absolute Gasteiger partial charge is 0.505 e. The first kappa shape index (κ1) is 11.4. The van der Waals surface area contributed by atoms with E-state index < -0.39 is 23.4 Å². The van der Waals surface area contributed by atoms with Crippen LogP contribution in [0.1, 0.15) is 12.5 Å². The zero-order valence-corrected chi connectivity index (χ0v) is 8.09. The molecule has 3 nitrogen and oxygen atoms in total. The molecule has 0 aliphatic carbocycles. The first-order chi connectivity index (χ1) is 7.04. The highest BCUT2D eigenvalue weighted by Crippen LogP contribution is 2.23. The number of carbonyl (C=O) groups excluding carboxylic acids is 1. The maximum absolute atomic E-state index is 12.8. The third kappa shape index (κ3) is 2.90. The van der Waals surface area contributed by atoms with Gasteiger partial charge in [0.25, 0.3) is 0 Å². The summed E-state index contributed by atoms with van der Waals surface area (Å²) in [7, 11) is 0. The van der Waals surface area contributed by atoms with E-state index in [0.717, 1.165) is 6.07 Å². The first-order valence-corrected chi connectivity index (χ1v) is 4.37. The lowest BCUT2D eigenvalue weighted by Gasteiger charge is -2.05. The van der Waals surface area contributed by atoms with Gasteiger partial charge in [-0.15, -0.1) is 0 Å². The zero-order chi connectivity index (χ0) is 11.4. The fourth-order valence-electron chi connectivity index (χ4n) is 1.12. The van der Waals surface area contributed by atoms with Crippen molar-refractivity contribution in [1.82, 2.24) is 0 Å². The molecule has 15 heavy (non-hydrogen) atoms. The Balaban J connectivity index is 2.89. The van der Waals surface area contributed by atoms with E-state index in [1.165, 1.54) is 0 Å². The van der Waals surface area contributed by atoms with E-state index in [4.69, 9.17) is 0 Å². The van der Waals surface area contributed by atoms with E-state index in [2.05, 4.69) is 4.74 Å². The van der Waals surface area contributed by atoms with E-state index in [1.807, 2.05) is 0 Å². The molecule has 0 aromatic heterocycles. The van der Waals surface area contributed by atoms with Crippen molar-refractivity contribution >= 4 is 5.97 Å². The second kappa shape index (κ2) is 4.72. The first-order valence-electron chi connectivity index (χ1n) is 4.37. The molecule has 0 bridgehead atoms. The molecule has 0 fully saturated rings. The van der Waals surface area contributed by atoms with Crippen LogP contribution in [0.5, 0.6) is 5.75 Å². The van der Waals surface area contributed by atoms with Gasteiger partial charge in [-0.2, -0.15) is 0 Å². The lowest BCUT2D eigenvalue weighted by atomic mass is 10.1. The number of hydrogen-bond donors (Lipinski definition) is 1. The smallest absolute Gasteiger partial charge is 0.310 e. The van der Waals surface area contributed by atoms with Crippen molar-refractivity contribution < 1.29 is 23.4 Å². The van der Waals surface area contributed by atoms with Gasteiger partial charge in [0.2, 0.25) is 0 Å². The minimum atomic E-state index is -1.09. The van der Waals surface area contributed by atoms with Gasteiger partial charge < -0.3 is 9.84 Å². The van der Waals surface area contributed by atoms with Crippen LogP contribution in [0.2, 0.25) is 0 Å². The molecule has 82 valence electrons. The van der Waals surface area contributed by atoms with Crippen LogP contribution in [0.25, 0.3) is 0 Å². The maximum Gasteiger partial charge on any atom is 0.310 e. The predicted octanol–water partition coefficient (Wildman–Crippen LogP) is 1.78. The quantitative estimate of drug-likeness (QED) is 0.783. The van der Waals surface area contributed by atoms with E-state index in [1.54, 1.807) is 6.92 Å². The molecule has 0 atom stereocenters. The molecular formula is C10H10F2O3. The summed E-state index contributed by atoms with van der Waals surface area (Å²) in [5.41, 5.74) is -0.119. The van der Waals surface area contributed by atoms with Crippen LogP contribution in [0.4, 0.5) is 8.78 Å². The highest BCUT2D eigenvalue weighted by Gasteiger charge is 2.13. The van der Waals surface area contributed by atoms with Crippen LogP contribution in [-0.2, 0) is 16.0 Å². The Morgan fingerprint density at radius 2 is 2.13 bits per heavy atom. The third-order valence-electron chi connectivity index (χ3n) is 1.75. The van der Waals surface area contributed by atoms with Crippen LogP contribution in [0.15, 0.2) is 12.1 Å². The Labute approximate surface area is 85.3 Å². The summed E-state index contributed by atoms with van der Waals surface area (Å²) in [5.74, 6) is -3.29. The van der Waals surface area contributed by atoms with Gasteiger partial charge >= 0.3 is 5.97 Å². The fraction of sp³-hybridized carbons (Fsp3) is 0.300. The van der Waals surface area contributed by atoms with E-state index in [0.29, 0.717) is 6.07 Å². The van der Waals surface area contributed by atoms with Gasteiger partial charge in [0.1, 0.15) is 5.82 Å². The van der Waals surface area contributed by atoms with Crippen molar-refractivity contribution in [2.75, 3.05) is 6.61 Å². The molecule has 1 rings (SSSR count). The summed E-state index contributed by atoms with van der Waals surface area (Å²) >= 11 is 0. The maximum atomic E-state index is 12.8. The van der Waals surface area contributed by atoms with Crippen LogP contribution >= 0.6 is 0 Å². The van der Waals surface area contributed by atoms with Crippen LogP contribution in [-0.4, -0.2) is 17.7 Å². The number of rotatable bonds is 3. The molecule has 0 saturated carbocycles. The second-order valence-corrected chi connectivity index (χ2v) is 2.88. The van der Waals surface area contributed by atoms with Gasteiger partial charge in [0, 0.05) is 11.6 Å². The number of halogens is 2. The molecule has 0 radical (unpaired) electrons. The van der Waals surface area contributed by atoms with Crippen LogP contribution < -0.4 is 0 Å². The highest BCUT2D eigenvalue weighted by molar-refractivity contribution is 5.73. The van der Waals surface area contributed by atoms with Crippen molar-refractivity contribution in [1.29, 1.82) is 0 Å². The average molecular weight is 216 g/mol. The van der Waals surface area contributed by atoms with Crippen molar-refractivity contribution in [2.45, 2.75) is 13.3 Å². The number of benzene rings is 1. The van der Waals surface area contributed by atoms with Gasteiger partial charge in [-0.1, -0.05) is 0 Å². The Morgan fingerprint density at radius 1 is 1.47 bits per heavy atom. The van der Waals surface area contributed by atoms with E-state index in [-0.39, 0.29) is 18.6 Å². The normalized spacial score (nSPS) is 10.1. The topological polar surface area (TPSA) is 46.5 Å². The zero-order valence-electron chi connectivity index (χ0n) is 8.09. The van der Waals surface area contributed by atoms with Gasteiger partial charge in [-0.05, 0) is 13.0 Å². The number of ether oxygens (including phenoxy) is 1. The number of esters is 1. The second-order valence-electron chi connectivity index (χ2n) is 2.88. The SMILES string of the molecule is CCOC(=O)Cc1cc(F)cc(F)c1O. The van der Waals surface area contributed by atoms with Crippen molar-refractivity contribution in [3.8, 4) is 5.75 Å². The standard InChI is InChI=1S/C10H10F2O3/c1-2-15-9(13)4-6-3-7(11)5-8(12)10(6)14/h3,5,14H,2,4H2,1H3. The Hall–Kier alpha value is -1.65. The number of phenols is 1. The summed E-state index contributed by atoms with van der Waals surface area (Å²) in [6.07, 6.45) is -0.353. The summed E-state index contributed by atoms with van der Waals surface area (Å²) < 4.78 is 30.2. The summed E-state index contributed by atoms with van der Waals surface area (Å²) in [5, 5.41) is 9.19. The Kier molecular flexibility index (Phi) is 3.60. The molecule has 0 spiro atoms. The van der Waals surface area contributed by atoms with Gasteiger partial charge in [0.05, 0.1) is 13.0 Å². The van der Waals surface area contributed by atoms with Gasteiger partial charge in [-0.3, -0.25) is 4.79 Å². The number of carbonyl (C=O) groups is 1. The molecule has 5 heteroatoms. The predicted molar refractivity (Wildman–Crippen MR) is 48.4 cm³/mol. The molecule has 0 unspecified atom stereocenters. The molecule has 0 aliphatic rings.